The van der Waals surface area contributed by atoms with Gasteiger partial charge in [0.05, 0.1) is 19.5 Å². The molecule has 1 fully saturated rings. The van der Waals surface area contributed by atoms with E-state index in [-0.39, 0.29) is 6.04 Å². The van der Waals surface area contributed by atoms with E-state index in [1.807, 2.05) is 24.6 Å². The van der Waals surface area contributed by atoms with Crippen LogP contribution < -0.4 is 0 Å². The number of nitrogens with zero attached hydrogens (tertiary/aromatic N) is 3. The number of furan rings is 1. The van der Waals surface area contributed by atoms with Crippen LogP contribution in [0, 0.1) is 18.3 Å². The Bertz CT molecular complexity index is 715. The fourth-order valence-corrected chi connectivity index (χ4v) is 3.22. The lowest BCUT2D eigenvalue weighted by atomic mass is 10.0. The lowest BCUT2D eigenvalue weighted by Crippen LogP contribution is -2.45. The van der Waals surface area contributed by atoms with Gasteiger partial charge in [-0.2, -0.15) is 5.26 Å². The van der Waals surface area contributed by atoms with Crippen LogP contribution >= 0.6 is 0 Å². The molecule has 0 spiro atoms. The minimum absolute atomic E-state index is 0.115. The highest BCUT2D eigenvalue weighted by Crippen LogP contribution is 2.25. The Morgan fingerprint density at radius 3 is 3.00 bits per heavy atom. The molecule has 0 bridgehead atoms. The maximum Gasteiger partial charge on any atom is 0.132 e. The Morgan fingerprint density at radius 2 is 2.33 bits per heavy atom. The number of aliphatic hydroxyl groups is 1. The van der Waals surface area contributed by atoms with Crippen LogP contribution in [0.25, 0.3) is 0 Å². The molecule has 0 aliphatic carbocycles. The van der Waals surface area contributed by atoms with Crippen LogP contribution in [0.2, 0.25) is 0 Å². The number of hydrogen-bond donors (Lipinski definition) is 1. The van der Waals surface area contributed by atoms with Crippen molar-refractivity contribution in [2.45, 2.75) is 32.0 Å². The Balaban J connectivity index is 1.72. The molecule has 3 rings (SSSR count). The molecule has 3 heterocycles. The third-order valence-corrected chi connectivity index (χ3v) is 4.84. The van der Waals surface area contributed by atoms with E-state index in [0.717, 1.165) is 24.3 Å². The van der Waals surface area contributed by atoms with Gasteiger partial charge in [-0.3, -0.25) is 4.90 Å². The molecule has 6 heteroatoms. The van der Waals surface area contributed by atoms with E-state index in [0.29, 0.717) is 31.1 Å². The Morgan fingerprint density at radius 1 is 1.50 bits per heavy atom. The highest BCUT2D eigenvalue weighted by molar-refractivity contribution is 5.34. The maximum atomic E-state index is 10.4. The number of ether oxygens (including phenoxy) is 1. The van der Waals surface area contributed by atoms with E-state index in [4.69, 9.17) is 9.15 Å². The summed E-state index contributed by atoms with van der Waals surface area (Å²) in [6.07, 6.45) is 1.50. The number of hydrogen-bond acceptors (Lipinski definition) is 5. The van der Waals surface area contributed by atoms with Gasteiger partial charge in [-0.15, -0.1) is 0 Å². The minimum atomic E-state index is -0.638. The minimum Gasteiger partial charge on any atom is -0.467 e. The summed E-state index contributed by atoms with van der Waals surface area (Å²) in [6, 6.07) is 7.86. The van der Waals surface area contributed by atoms with Gasteiger partial charge in [-0.25, -0.2) is 0 Å². The Kier molecular flexibility index (Phi) is 5.05. The molecule has 0 radical (unpaired) electrons. The van der Waals surface area contributed by atoms with E-state index in [1.54, 1.807) is 18.4 Å². The molecule has 2 aromatic rings. The van der Waals surface area contributed by atoms with Crippen molar-refractivity contribution < 1.29 is 14.3 Å². The molecule has 0 aromatic carbocycles. The highest BCUT2D eigenvalue weighted by Gasteiger charge is 2.27. The molecule has 24 heavy (non-hydrogen) atoms. The number of rotatable bonds is 5. The topological polar surface area (TPSA) is 74.6 Å². The SMILES string of the molecule is Cc1c(CN2CCOCC2CC(O)c2ccco2)cc(C#N)n1C. The summed E-state index contributed by atoms with van der Waals surface area (Å²) >= 11 is 0. The average molecular weight is 329 g/mol. The zero-order valence-corrected chi connectivity index (χ0v) is 14.1. The van der Waals surface area contributed by atoms with E-state index >= 15 is 0 Å². The average Bonchev–Trinajstić information content (AvgIpc) is 3.21. The lowest BCUT2D eigenvalue weighted by molar-refractivity contribution is -0.0323. The molecule has 1 aliphatic heterocycles. The predicted octanol–water partition coefficient (Wildman–Crippen LogP) is 2.12. The largest absolute Gasteiger partial charge is 0.467 e. The van der Waals surface area contributed by atoms with Gasteiger partial charge in [-0.05, 0) is 37.1 Å². The van der Waals surface area contributed by atoms with Gasteiger partial charge in [-0.1, -0.05) is 0 Å². The van der Waals surface area contributed by atoms with Crippen molar-refractivity contribution in [2.24, 2.45) is 7.05 Å². The van der Waals surface area contributed by atoms with Crippen LogP contribution in [0.1, 0.15) is 35.2 Å². The molecule has 0 amide bonds. The first-order valence-corrected chi connectivity index (χ1v) is 8.18. The van der Waals surface area contributed by atoms with Crippen LogP contribution in [0.15, 0.2) is 28.9 Å². The molecule has 1 aliphatic rings. The van der Waals surface area contributed by atoms with Crippen molar-refractivity contribution in [1.29, 1.82) is 5.26 Å². The zero-order valence-electron chi connectivity index (χ0n) is 14.1. The van der Waals surface area contributed by atoms with Crippen molar-refractivity contribution >= 4 is 0 Å². The van der Waals surface area contributed by atoms with Crippen LogP contribution in [0.5, 0.6) is 0 Å². The van der Waals surface area contributed by atoms with Gasteiger partial charge < -0.3 is 18.8 Å². The molecule has 128 valence electrons. The molecule has 1 N–H and O–H groups in total. The van der Waals surface area contributed by atoms with E-state index in [9.17, 15) is 10.4 Å². The number of aromatic nitrogens is 1. The summed E-state index contributed by atoms with van der Waals surface area (Å²) in [5, 5.41) is 19.6. The van der Waals surface area contributed by atoms with Gasteiger partial charge in [0.1, 0.15) is 23.6 Å². The summed E-state index contributed by atoms with van der Waals surface area (Å²) in [7, 11) is 1.91. The molecule has 2 atom stereocenters. The van der Waals surface area contributed by atoms with E-state index in [1.165, 1.54) is 0 Å². The first-order valence-electron chi connectivity index (χ1n) is 8.18. The highest BCUT2D eigenvalue weighted by atomic mass is 16.5. The van der Waals surface area contributed by atoms with Crippen molar-refractivity contribution in [3.8, 4) is 6.07 Å². The first-order chi connectivity index (χ1) is 11.6. The summed E-state index contributed by atoms with van der Waals surface area (Å²) in [5.74, 6) is 0.586. The quantitative estimate of drug-likeness (QED) is 0.909. The van der Waals surface area contributed by atoms with Gasteiger partial charge >= 0.3 is 0 Å². The molecular formula is C18H23N3O3. The van der Waals surface area contributed by atoms with Crippen LogP contribution in [0.4, 0.5) is 0 Å². The van der Waals surface area contributed by atoms with Crippen LogP contribution in [-0.4, -0.2) is 40.4 Å². The molecule has 2 unspecified atom stereocenters. The van der Waals surface area contributed by atoms with Crippen molar-refractivity contribution in [2.75, 3.05) is 19.8 Å². The summed E-state index contributed by atoms with van der Waals surface area (Å²) < 4.78 is 12.8. The Hall–Kier alpha value is -2.07. The van der Waals surface area contributed by atoms with E-state index in [2.05, 4.69) is 11.0 Å². The molecule has 6 nitrogen and oxygen atoms in total. The number of morpholine rings is 1. The lowest BCUT2D eigenvalue weighted by Gasteiger charge is -2.36. The zero-order chi connectivity index (χ0) is 17.1. The first kappa shape index (κ1) is 16.8. The van der Waals surface area contributed by atoms with Gasteiger partial charge in [0, 0.05) is 31.9 Å². The molecule has 1 saturated heterocycles. The fourth-order valence-electron chi connectivity index (χ4n) is 3.22. The summed E-state index contributed by atoms with van der Waals surface area (Å²) in [6.45, 7) is 4.87. The van der Waals surface area contributed by atoms with Gasteiger partial charge in [0.15, 0.2) is 0 Å². The number of nitriles is 1. The maximum absolute atomic E-state index is 10.4. The van der Waals surface area contributed by atoms with Crippen molar-refractivity contribution in [3.05, 3.63) is 47.2 Å². The normalized spacial score (nSPS) is 20.0. The molecule has 0 saturated carbocycles. The van der Waals surface area contributed by atoms with Crippen molar-refractivity contribution in [1.82, 2.24) is 9.47 Å². The summed E-state index contributed by atoms with van der Waals surface area (Å²) in [5.41, 5.74) is 2.92. The fraction of sp³-hybridized carbons (Fsp3) is 0.500. The Labute approximate surface area is 141 Å². The smallest absolute Gasteiger partial charge is 0.132 e. The standard InChI is InChI=1S/C18H23N3O3/c1-13-14(8-15(10-19)20(13)2)11-21-5-7-23-12-16(21)9-17(22)18-4-3-6-24-18/h3-4,6,8,16-17,22H,5,7,9,11-12H2,1-2H3. The van der Waals surface area contributed by atoms with Gasteiger partial charge in [0.2, 0.25) is 0 Å². The summed E-state index contributed by atoms with van der Waals surface area (Å²) in [4.78, 5) is 2.32. The second-order valence-corrected chi connectivity index (χ2v) is 6.28. The predicted molar refractivity (Wildman–Crippen MR) is 88.2 cm³/mol. The molecular weight excluding hydrogens is 306 g/mol. The second-order valence-electron chi connectivity index (χ2n) is 6.28. The molecule has 2 aromatic heterocycles. The van der Waals surface area contributed by atoms with Crippen LogP contribution in [0.3, 0.4) is 0 Å². The third-order valence-electron chi connectivity index (χ3n) is 4.84. The van der Waals surface area contributed by atoms with Crippen LogP contribution in [-0.2, 0) is 18.3 Å². The number of aliphatic hydroxyl groups excluding tert-OH is 1. The van der Waals surface area contributed by atoms with Crippen molar-refractivity contribution in [3.63, 3.8) is 0 Å². The third kappa shape index (κ3) is 3.39. The second kappa shape index (κ2) is 7.22. The monoisotopic (exact) mass is 329 g/mol. The van der Waals surface area contributed by atoms with E-state index < -0.39 is 6.10 Å². The van der Waals surface area contributed by atoms with Gasteiger partial charge in [0.25, 0.3) is 0 Å².